The minimum Gasteiger partial charge on any atom is -0.462 e. The number of fused-ring (bicyclic) bond motifs is 5. The number of carbonyl (C=O) groups excluding carboxylic acids is 4. The van der Waals surface area contributed by atoms with Crippen molar-refractivity contribution in [3.05, 3.63) is 0 Å². The zero-order valence-corrected chi connectivity index (χ0v) is 24.2. The molecule has 4 unspecified atom stereocenters. The molecule has 4 saturated carbocycles. The number of ether oxygens (including phenoxy) is 2. The third-order valence-electron chi connectivity index (χ3n) is 12.4. The van der Waals surface area contributed by atoms with Crippen molar-refractivity contribution in [2.75, 3.05) is 0 Å². The van der Waals surface area contributed by atoms with Crippen molar-refractivity contribution in [1.29, 1.82) is 0 Å². The molecule has 6 nitrogen and oxygen atoms in total. The molecule has 4 aliphatic rings. The summed E-state index contributed by atoms with van der Waals surface area (Å²) in [5.41, 5.74) is -0.438. The van der Waals surface area contributed by atoms with Crippen LogP contribution in [0.25, 0.3) is 0 Å². The first-order valence-electron chi connectivity index (χ1n) is 14.5. The van der Waals surface area contributed by atoms with Gasteiger partial charge in [0.2, 0.25) is 0 Å². The van der Waals surface area contributed by atoms with Crippen LogP contribution in [0.5, 0.6) is 0 Å². The second kappa shape index (κ2) is 9.48. The highest BCUT2D eigenvalue weighted by atomic mass is 16.5. The Kier molecular flexibility index (Phi) is 7.25. The molecule has 0 bridgehead atoms. The maximum atomic E-state index is 13.0. The summed E-state index contributed by atoms with van der Waals surface area (Å²) in [6.07, 6.45) is 7.94. The molecule has 0 heterocycles. The van der Waals surface area contributed by atoms with Crippen LogP contribution >= 0.6 is 0 Å². The molecule has 0 radical (unpaired) electrons. The van der Waals surface area contributed by atoms with Crippen molar-refractivity contribution in [3.63, 3.8) is 0 Å². The Hall–Kier alpha value is -1.72. The second-order valence-electron chi connectivity index (χ2n) is 14.0. The third-order valence-corrected chi connectivity index (χ3v) is 12.4. The molecule has 11 atom stereocenters. The lowest BCUT2D eigenvalue weighted by Crippen LogP contribution is -2.70. The van der Waals surface area contributed by atoms with Gasteiger partial charge in [0.1, 0.15) is 24.3 Å². The van der Waals surface area contributed by atoms with Gasteiger partial charge in [0, 0.05) is 25.2 Å². The van der Waals surface area contributed by atoms with Crippen molar-refractivity contribution >= 4 is 24.0 Å². The van der Waals surface area contributed by atoms with E-state index in [1.54, 1.807) is 0 Å². The predicted molar refractivity (Wildman–Crippen MR) is 140 cm³/mol. The average molecular weight is 517 g/mol. The summed E-state index contributed by atoms with van der Waals surface area (Å²) < 4.78 is 11.9. The van der Waals surface area contributed by atoms with Crippen molar-refractivity contribution in [3.8, 4) is 0 Å². The van der Waals surface area contributed by atoms with Crippen LogP contribution in [0, 0.1) is 51.2 Å². The predicted octanol–water partition coefficient (Wildman–Crippen LogP) is 5.94. The number of esters is 2. The van der Waals surface area contributed by atoms with Gasteiger partial charge in [0.05, 0.1) is 5.92 Å². The largest absolute Gasteiger partial charge is 0.462 e. The zero-order chi connectivity index (χ0) is 27.6. The first-order chi connectivity index (χ1) is 17.2. The molecule has 0 aromatic heterocycles. The summed E-state index contributed by atoms with van der Waals surface area (Å²) in [6, 6.07) is 0. The minimum absolute atomic E-state index is 0.0224. The smallest absolute Gasteiger partial charge is 0.302 e. The molecule has 0 N–H and O–H groups in total. The Balaban J connectivity index is 1.88. The van der Waals surface area contributed by atoms with Crippen LogP contribution < -0.4 is 0 Å². The molecule has 4 aliphatic carbocycles. The van der Waals surface area contributed by atoms with Crippen LogP contribution in [-0.4, -0.2) is 36.2 Å². The van der Waals surface area contributed by atoms with Crippen LogP contribution in [-0.2, 0) is 28.7 Å². The highest BCUT2D eigenvalue weighted by molar-refractivity contribution is 5.83. The lowest BCUT2D eigenvalue weighted by atomic mass is 9.33. The summed E-state index contributed by atoms with van der Waals surface area (Å²) in [5, 5.41) is 0. The van der Waals surface area contributed by atoms with Crippen molar-refractivity contribution in [1.82, 2.24) is 0 Å². The summed E-state index contributed by atoms with van der Waals surface area (Å²) >= 11 is 0. The van der Waals surface area contributed by atoms with Crippen LogP contribution in [0.15, 0.2) is 0 Å². The Morgan fingerprint density at radius 3 is 2.00 bits per heavy atom. The Morgan fingerprint density at radius 2 is 1.46 bits per heavy atom. The monoisotopic (exact) mass is 516 g/mol. The number of aldehydes is 1. The molecule has 0 aromatic rings. The molecular weight excluding hydrogens is 468 g/mol. The molecule has 0 aromatic carbocycles. The summed E-state index contributed by atoms with van der Waals surface area (Å²) in [4.78, 5) is 50.4. The van der Waals surface area contributed by atoms with E-state index in [9.17, 15) is 19.2 Å². The van der Waals surface area contributed by atoms with Crippen molar-refractivity contribution in [2.45, 2.75) is 119 Å². The molecule has 4 rings (SSSR count). The molecule has 0 spiro atoms. The molecule has 0 amide bonds. The van der Waals surface area contributed by atoms with Gasteiger partial charge < -0.3 is 14.3 Å². The van der Waals surface area contributed by atoms with Gasteiger partial charge in [-0.25, -0.2) is 0 Å². The number of Topliss-reactive ketones (excluding diaryl/α,β-unsaturated/α-hetero) is 1. The molecule has 4 fully saturated rings. The Bertz CT molecular complexity index is 959. The fourth-order valence-corrected chi connectivity index (χ4v) is 10.7. The van der Waals surface area contributed by atoms with Gasteiger partial charge >= 0.3 is 11.9 Å². The number of ketones is 1. The van der Waals surface area contributed by atoms with E-state index in [1.165, 1.54) is 33.6 Å². The quantitative estimate of drug-likeness (QED) is 0.332. The van der Waals surface area contributed by atoms with Crippen LogP contribution in [0.4, 0.5) is 0 Å². The highest BCUT2D eigenvalue weighted by Crippen LogP contribution is 2.74. The van der Waals surface area contributed by atoms with Crippen LogP contribution in [0.2, 0.25) is 0 Å². The Labute approximate surface area is 223 Å². The maximum Gasteiger partial charge on any atom is 0.302 e. The zero-order valence-electron chi connectivity index (χ0n) is 24.2. The number of hydrogen-bond acceptors (Lipinski definition) is 6. The number of rotatable bonds is 5. The molecule has 0 saturated heterocycles. The average Bonchev–Trinajstić information content (AvgIpc) is 2.79. The third kappa shape index (κ3) is 4.11. The van der Waals surface area contributed by atoms with Gasteiger partial charge in [-0.05, 0) is 79.4 Å². The molecule has 6 heteroatoms. The van der Waals surface area contributed by atoms with E-state index < -0.39 is 35.4 Å². The molecule has 0 aliphatic heterocycles. The molecule has 208 valence electrons. The first kappa shape index (κ1) is 28.3. The van der Waals surface area contributed by atoms with Gasteiger partial charge in [-0.15, -0.1) is 0 Å². The van der Waals surface area contributed by atoms with Crippen molar-refractivity contribution in [2.24, 2.45) is 51.2 Å². The van der Waals surface area contributed by atoms with Gasteiger partial charge in [-0.3, -0.25) is 14.4 Å². The van der Waals surface area contributed by atoms with E-state index in [-0.39, 0.29) is 28.5 Å². The topological polar surface area (TPSA) is 86.7 Å². The molecule has 37 heavy (non-hydrogen) atoms. The fraction of sp³-hybridized carbons (Fsp3) is 0.871. The highest BCUT2D eigenvalue weighted by Gasteiger charge is 2.71. The SMILES string of the molecule is CCC1(C)CCC[C@@]2(C)C1CC[C@]1(C)C2C[C@H](OC(C)=O)[C@@]2(C)C1C[C@@H](OC(C)=O)[C@@H](C(C)=O)[C@@H]2C=O. The van der Waals surface area contributed by atoms with Crippen LogP contribution in [0.3, 0.4) is 0 Å². The van der Waals surface area contributed by atoms with Gasteiger partial charge in [0.15, 0.2) is 0 Å². The lowest BCUT2D eigenvalue weighted by Gasteiger charge is -2.71. The van der Waals surface area contributed by atoms with E-state index in [0.29, 0.717) is 30.1 Å². The molecular formula is C31H48O6. The second-order valence-corrected chi connectivity index (χ2v) is 14.0. The van der Waals surface area contributed by atoms with Crippen LogP contribution in [0.1, 0.15) is 107 Å². The summed E-state index contributed by atoms with van der Waals surface area (Å²) in [6.45, 7) is 16.0. The summed E-state index contributed by atoms with van der Waals surface area (Å²) in [7, 11) is 0. The minimum atomic E-state index is -0.731. The van der Waals surface area contributed by atoms with E-state index in [1.807, 2.05) is 0 Å². The lowest BCUT2D eigenvalue weighted by molar-refractivity contribution is -0.263. The number of hydrogen-bond donors (Lipinski definition) is 0. The van der Waals surface area contributed by atoms with Crippen molar-refractivity contribution < 1.29 is 28.7 Å². The van der Waals surface area contributed by atoms with Gasteiger partial charge in [-0.2, -0.15) is 0 Å². The first-order valence-corrected chi connectivity index (χ1v) is 14.5. The number of carbonyl (C=O) groups is 4. The summed E-state index contributed by atoms with van der Waals surface area (Å²) in [5.74, 6) is -1.46. The van der Waals surface area contributed by atoms with E-state index >= 15 is 0 Å². The van der Waals surface area contributed by atoms with Gasteiger partial charge in [-0.1, -0.05) is 47.5 Å². The normalized spacial score (nSPS) is 49.0. The van der Waals surface area contributed by atoms with E-state index in [2.05, 4.69) is 34.6 Å². The Morgan fingerprint density at radius 1 is 0.838 bits per heavy atom. The standard InChI is InChI=1S/C31H48O6/c1-9-28(5)12-10-13-29(6)23(28)11-14-30(7)24(29)16-26(37-20(4)35)31(8)21(17-32)27(18(2)33)22(15-25(30)31)36-19(3)34/h17,21-27H,9-16H2,1-8H3/t21-,22+,23?,24?,25?,26-,27-,28?,29-,30+,31+/m0/s1. The van der Waals surface area contributed by atoms with Gasteiger partial charge in [0.25, 0.3) is 0 Å². The van der Waals surface area contributed by atoms with E-state index in [0.717, 1.165) is 32.0 Å². The van der Waals surface area contributed by atoms with E-state index in [4.69, 9.17) is 9.47 Å². The fourth-order valence-electron chi connectivity index (χ4n) is 10.7. The maximum absolute atomic E-state index is 13.0.